The molecule has 0 fully saturated rings. The highest BCUT2D eigenvalue weighted by molar-refractivity contribution is 9.10. The SMILES string of the molecule is Brc1ccc2c(-c3ncn[nH]3)ncn2c1. The van der Waals surface area contributed by atoms with E-state index in [-0.39, 0.29) is 0 Å². The first kappa shape index (κ1) is 8.60. The van der Waals surface area contributed by atoms with E-state index >= 15 is 0 Å². The third-order valence-electron chi connectivity index (χ3n) is 2.13. The molecule has 0 saturated carbocycles. The number of fused-ring (bicyclic) bond motifs is 1. The van der Waals surface area contributed by atoms with Crippen LogP contribution in [0.25, 0.3) is 17.0 Å². The summed E-state index contributed by atoms with van der Waals surface area (Å²) in [6.07, 6.45) is 5.17. The van der Waals surface area contributed by atoms with Crippen molar-refractivity contribution in [2.45, 2.75) is 0 Å². The van der Waals surface area contributed by atoms with Crippen molar-refractivity contribution in [2.24, 2.45) is 0 Å². The molecule has 0 amide bonds. The van der Waals surface area contributed by atoms with Crippen LogP contribution in [0.15, 0.2) is 35.5 Å². The Hall–Kier alpha value is -1.69. The fraction of sp³-hybridized carbons (Fsp3) is 0. The molecule has 0 aliphatic heterocycles. The first-order valence-electron chi connectivity index (χ1n) is 4.32. The number of pyridine rings is 1. The summed E-state index contributed by atoms with van der Waals surface area (Å²) in [6, 6.07) is 3.95. The number of nitrogens with one attached hydrogen (secondary N) is 1. The molecule has 74 valence electrons. The van der Waals surface area contributed by atoms with Gasteiger partial charge in [-0.3, -0.25) is 5.10 Å². The van der Waals surface area contributed by atoms with Crippen LogP contribution in [0.3, 0.4) is 0 Å². The second-order valence-corrected chi connectivity index (χ2v) is 3.98. The highest BCUT2D eigenvalue weighted by atomic mass is 79.9. The van der Waals surface area contributed by atoms with Crippen molar-refractivity contribution < 1.29 is 0 Å². The Kier molecular flexibility index (Phi) is 1.81. The van der Waals surface area contributed by atoms with Crippen LogP contribution >= 0.6 is 15.9 Å². The van der Waals surface area contributed by atoms with Gasteiger partial charge in [0.25, 0.3) is 0 Å². The minimum Gasteiger partial charge on any atom is -0.304 e. The zero-order chi connectivity index (χ0) is 10.3. The highest BCUT2D eigenvalue weighted by Gasteiger charge is 2.08. The average molecular weight is 264 g/mol. The van der Waals surface area contributed by atoms with E-state index in [0.717, 1.165) is 15.7 Å². The Balaban J connectivity index is 2.29. The van der Waals surface area contributed by atoms with Crippen LogP contribution in [0.1, 0.15) is 0 Å². The summed E-state index contributed by atoms with van der Waals surface area (Å²) in [5, 5.41) is 6.61. The predicted molar refractivity (Wildman–Crippen MR) is 58.3 cm³/mol. The van der Waals surface area contributed by atoms with Gasteiger partial charge in [0, 0.05) is 10.7 Å². The molecule has 0 radical (unpaired) electrons. The maximum absolute atomic E-state index is 4.29. The van der Waals surface area contributed by atoms with Crippen LogP contribution in [0.5, 0.6) is 0 Å². The molecule has 0 aliphatic carbocycles. The summed E-state index contributed by atoms with van der Waals surface area (Å²) in [5.74, 6) is 0.680. The molecule has 5 nitrogen and oxygen atoms in total. The van der Waals surface area contributed by atoms with Gasteiger partial charge in [0.1, 0.15) is 18.3 Å². The Morgan fingerprint density at radius 3 is 3.00 bits per heavy atom. The second-order valence-electron chi connectivity index (χ2n) is 3.07. The van der Waals surface area contributed by atoms with Crippen molar-refractivity contribution >= 4 is 21.4 Å². The van der Waals surface area contributed by atoms with E-state index < -0.39 is 0 Å². The van der Waals surface area contributed by atoms with Crippen molar-refractivity contribution in [1.29, 1.82) is 0 Å². The molecule has 3 heterocycles. The van der Waals surface area contributed by atoms with Crippen molar-refractivity contribution in [2.75, 3.05) is 0 Å². The molecule has 0 saturated heterocycles. The number of halogens is 1. The monoisotopic (exact) mass is 263 g/mol. The molecule has 0 atom stereocenters. The molecule has 0 aromatic carbocycles. The van der Waals surface area contributed by atoms with Crippen LogP contribution in [-0.2, 0) is 0 Å². The van der Waals surface area contributed by atoms with E-state index in [2.05, 4.69) is 36.1 Å². The first-order chi connectivity index (χ1) is 7.34. The third-order valence-corrected chi connectivity index (χ3v) is 2.60. The van der Waals surface area contributed by atoms with E-state index in [1.54, 1.807) is 6.33 Å². The standard InChI is InChI=1S/C9H6BrN5/c10-6-1-2-7-8(9-11-4-13-14-9)12-5-15(7)3-6/h1-5H,(H,11,13,14). The lowest BCUT2D eigenvalue weighted by molar-refractivity contribution is 1.09. The third kappa shape index (κ3) is 1.33. The van der Waals surface area contributed by atoms with Crippen molar-refractivity contribution in [1.82, 2.24) is 24.6 Å². The molecule has 0 aliphatic rings. The number of hydrogen-bond donors (Lipinski definition) is 1. The van der Waals surface area contributed by atoms with Gasteiger partial charge in [0.05, 0.1) is 5.52 Å². The Morgan fingerprint density at radius 2 is 2.20 bits per heavy atom. The predicted octanol–water partition coefficient (Wildman–Crippen LogP) is 1.88. The largest absolute Gasteiger partial charge is 0.304 e. The number of hydrogen-bond acceptors (Lipinski definition) is 3. The molecule has 3 aromatic heterocycles. The van der Waals surface area contributed by atoms with Gasteiger partial charge < -0.3 is 4.40 Å². The van der Waals surface area contributed by atoms with E-state index in [1.165, 1.54) is 6.33 Å². The van der Waals surface area contributed by atoms with E-state index in [1.807, 2.05) is 22.7 Å². The molecule has 15 heavy (non-hydrogen) atoms. The second kappa shape index (κ2) is 3.16. The van der Waals surface area contributed by atoms with Crippen molar-refractivity contribution in [3.8, 4) is 11.5 Å². The van der Waals surface area contributed by atoms with Crippen LogP contribution in [-0.4, -0.2) is 24.6 Å². The molecule has 0 spiro atoms. The molecule has 0 unspecified atom stereocenters. The molecule has 1 N–H and O–H groups in total. The number of H-pyrrole nitrogens is 1. The number of aromatic nitrogens is 5. The molecular formula is C9H6BrN5. The quantitative estimate of drug-likeness (QED) is 0.730. The van der Waals surface area contributed by atoms with Gasteiger partial charge in [-0.1, -0.05) is 0 Å². The molecule has 3 rings (SSSR count). The van der Waals surface area contributed by atoms with E-state index in [0.29, 0.717) is 5.82 Å². The van der Waals surface area contributed by atoms with Crippen molar-refractivity contribution in [3.05, 3.63) is 35.5 Å². The zero-order valence-electron chi connectivity index (χ0n) is 7.55. The number of imidazole rings is 1. The number of rotatable bonds is 1. The first-order valence-corrected chi connectivity index (χ1v) is 5.12. The summed E-state index contributed by atoms with van der Waals surface area (Å²) in [5.41, 5.74) is 1.80. The van der Waals surface area contributed by atoms with Gasteiger partial charge in [-0.05, 0) is 28.1 Å². The summed E-state index contributed by atoms with van der Waals surface area (Å²) >= 11 is 3.41. The van der Waals surface area contributed by atoms with Gasteiger partial charge in [-0.2, -0.15) is 5.10 Å². The van der Waals surface area contributed by atoms with Gasteiger partial charge in [0.15, 0.2) is 5.82 Å². The topological polar surface area (TPSA) is 58.9 Å². The fourth-order valence-electron chi connectivity index (χ4n) is 1.47. The maximum Gasteiger partial charge on any atom is 0.176 e. The maximum atomic E-state index is 4.29. The summed E-state index contributed by atoms with van der Waals surface area (Å²) in [4.78, 5) is 8.36. The van der Waals surface area contributed by atoms with Crippen LogP contribution in [0, 0.1) is 0 Å². The van der Waals surface area contributed by atoms with E-state index in [4.69, 9.17) is 0 Å². The lowest BCUT2D eigenvalue weighted by Gasteiger charge is -1.95. The normalized spacial score (nSPS) is 11.0. The molecule has 3 aromatic rings. The van der Waals surface area contributed by atoms with Gasteiger partial charge in [-0.25, -0.2) is 9.97 Å². The lowest BCUT2D eigenvalue weighted by atomic mass is 10.3. The molecular weight excluding hydrogens is 258 g/mol. The minimum absolute atomic E-state index is 0.680. The average Bonchev–Trinajstić information content (AvgIpc) is 2.82. The fourth-order valence-corrected chi connectivity index (χ4v) is 1.83. The zero-order valence-corrected chi connectivity index (χ0v) is 9.14. The lowest BCUT2D eigenvalue weighted by Crippen LogP contribution is -1.84. The van der Waals surface area contributed by atoms with Gasteiger partial charge in [-0.15, -0.1) is 0 Å². The summed E-state index contributed by atoms with van der Waals surface area (Å²) in [7, 11) is 0. The van der Waals surface area contributed by atoms with E-state index in [9.17, 15) is 0 Å². The molecule has 6 heteroatoms. The number of aromatic amines is 1. The number of nitrogens with zero attached hydrogens (tertiary/aromatic N) is 4. The van der Waals surface area contributed by atoms with Crippen LogP contribution in [0.4, 0.5) is 0 Å². The Labute approximate surface area is 93.3 Å². The van der Waals surface area contributed by atoms with Crippen LogP contribution in [0.2, 0.25) is 0 Å². The minimum atomic E-state index is 0.680. The van der Waals surface area contributed by atoms with Gasteiger partial charge >= 0.3 is 0 Å². The van der Waals surface area contributed by atoms with Crippen LogP contribution < -0.4 is 0 Å². The van der Waals surface area contributed by atoms with Gasteiger partial charge in [0.2, 0.25) is 0 Å². The highest BCUT2D eigenvalue weighted by Crippen LogP contribution is 2.20. The summed E-state index contributed by atoms with van der Waals surface area (Å²) < 4.78 is 2.94. The van der Waals surface area contributed by atoms with Crippen molar-refractivity contribution in [3.63, 3.8) is 0 Å². The Morgan fingerprint density at radius 1 is 1.27 bits per heavy atom. The summed E-state index contributed by atoms with van der Waals surface area (Å²) in [6.45, 7) is 0. The molecule has 0 bridgehead atoms. The Bertz CT molecular complexity index is 598. The smallest absolute Gasteiger partial charge is 0.176 e.